The number of hydrogen-bond acceptors (Lipinski definition) is 5. The summed E-state index contributed by atoms with van der Waals surface area (Å²) in [6.45, 7) is 10.0. The molecule has 0 radical (unpaired) electrons. The van der Waals surface area contributed by atoms with Crippen LogP contribution in [-0.4, -0.2) is 59.7 Å². The molecule has 2 aromatic rings. The van der Waals surface area contributed by atoms with Crippen molar-refractivity contribution in [2.24, 2.45) is 5.41 Å². The number of halogens is 4. The third-order valence-corrected chi connectivity index (χ3v) is 12.1. The molecule has 302 valence electrons. The number of ether oxygens (including phenoxy) is 1. The summed E-state index contributed by atoms with van der Waals surface area (Å²) in [5.41, 5.74) is 3.72. The first kappa shape index (κ1) is 41.4. The molecule has 0 saturated heterocycles. The number of carboxylic acids is 1. The summed E-state index contributed by atoms with van der Waals surface area (Å²) in [6.07, 6.45) is 16.3. The Morgan fingerprint density at radius 1 is 0.964 bits per heavy atom. The Morgan fingerprint density at radius 2 is 1.68 bits per heavy atom. The number of anilines is 1. The molecule has 0 bridgehead atoms. The SMILES string of the molecule is CC(C)(C)C1=C\C(=C/C=C/C=C/C2=[N+](CCCCCC(=O)O)c3c(F)c(F)c(F)c(F)c3C2(C)CCCCS(=O)(=O)O)c2cc3c4c(c2O1)CCCN4CCC3. The molecule has 1 atom stereocenters. The van der Waals surface area contributed by atoms with E-state index in [2.05, 4.69) is 37.8 Å². The molecule has 0 fully saturated rings. The fraction of sp³-hybridized carbons (Fsp3) is 0.488. The molecule has 1 unspecified atom stereocenters. The van der Waals surface area contributed by atoms with Gasteiger partial charge in [-0.2, -0.15) is 17.4 Å². The van der Waals surface area contributed by atoms with Gasteiger partial charge in [-0.05, 0) is 81.6 Å². The summed E-state index contributed by atoms with van der Waals surface area (Å²) in [5.74, 6) is -6.73. The standard InChI is InChI=1S/C43H50F4N2O6S/c1-42(2,3)32-26-27(30-25-28-16-13-21-48-22-14-17-29(39(28)48)41(30)55-32)15-7-5-8-18-31-43(4,20-10-12-24-56(52,53)54)34-35(44)36(45)37(46)38(47)40(34)49(31)23-11-6-9-19-33(50)51/h5,7-8,15,18,25-26H,6,9-14,16-17,19-24H2,1-4H3,(H-,50,51,52,53,54)/p+1. The maximum atomic E-state index is 15.8. The van der Waals surface area contributed by atoms with Gasteiger partial charge >= 0.3 is 5.97 Å². The van der Waals surface area contributed by atoms with Crippen LogP contribution in [0.5, 0.6) is 5.75 Å². The lowest BCUT2D eigenvalue weighted by atomic mass is 9.75. The van der Waals surface area contributed by atoms with Crippen LogP contribution in [0.25, 0.3) is 5.57 Å². The van der Waals surface area contributed by atoms with E-state index in [9.17, 15) is 26.5 Å². The molecular weight excluding hydrogens is 749 g/mol. The lowest BCUT2D eigenvalue weighted by molar-refractivity contribution is -0.441. The Hall–Kier alpha value is -4.23. The molecule has 0 spiro atoms. The number of nitrogens with zero attached hydrogens (tertiary/aromatic N) is 2. The number of rotatable bonds is 14. The van der Waals surface area contributed by atoms with Gasteiger partial charge in [-0.3, -0.25) is 9.35 Å². The molecule has 13 heteroatoms. The molecule has 2 N–H and O–H groups in total. The van der Waals surface area contributed by atoms with Crippen LogP contribution in [0.4, 0.5) is 28.9 Å². The molecule has 6 rings (SSSR count). The van der Waals surface area contributed by atoms with Gasteiger partial charge in [0, 0.05) is 54.2 Å². The largest absolute Gasteiger partial charge is 0.481 e. The number of benzene rings is 2. The van der Waals surface area contributed by atoms with Crippen LogP contribution < -0.4 is 9.64 Å². The summed E-state index contributed by atoms with van der Waals surface area (Å²) in [4.78, 5) is 13.6. The Kier molecular flexibility index (Phi) is 12.1. The molecular formula is C43H51F4N2O6S+. The molecule has 8 nitrogen and oxygen atoms in total. The van der Waals surface area contributed by atoms with Gasteiger partial charge in [-0.15, -0.1) is 0 Å². The average molecular weight is 800 g/mol. The van der Waals surface area contributed by atoms with Crippen LogP contribution in [0.3, 0.4) is 0 Å². The smallest absolute Gasteiger partial charge is 0.303 e. The predicted molar refractivity (Wildman–Crippen MR) is 210 cm³/mol. The number of carbonyl (C=O) groups is 1. The molecule has 4 heterocycles. The molecule has 4 aliphatic rings. The van der Waals surface area contributed by atoms with E-state index in [1.54, 1.807) is 25.2 Å². The van der Waals surface area contributed by atoms with Crippen molar-refractivity contribution in [2.75, 3.05) is 30.3 Å². The fourth-order valence-electron chi connectivity index (χ4n) is 8.57. The van der Waals surface area contributed by atoms with Crippen molar-refractivity contribution in [3.63, 3.8) is 0 Å². The van der Waals surface area contributed by atoms with Gasteiger partial charge < -0.3 is 14.7 Å². The zero-order valence-electron chi connectivity index (χ0n) is 32.5. The maximum absolute atomic E-state index is 15.8. The van der Waals surface area contributed by atoms with Crippen LogP contribution in [-0.2, 0) is 33.2 Å². The van der Waals surface area contributed by atoms with E-state index in [0.29, 0.717) is 25.0 Å². The van der Waals surface area contributed by atoms with E-state index in [4.69, 9.17) is 9.84 Å². The summed E-state index contributed by atoms with van der Waals surface area (Å²) in [5, 5.41) is 9.08. The highest BCUT2D eigenvalue weighted by Crippen LogP contribution is 2.50. The first-order chi connectivity index (χ1) is 26.4. The Morgan fingerprint density at radius 3 is 2.38 bits per heavy atom. The second kappa shape index (κ2) is 16.3. The summed E-state index contributed by atoms with van der Waals surface area (Å²) in [6, 6.07) is 2.24. The Balaban J connectivity index is 1.39. The van der Waals surface area contributed by atoms with E-state index in [0.717, 1.165) is 61.4 Å². The van der Waals surface area contributed by atoms with Crippen molar-refractivity contribution in [3.05, 3.63) is 93.8 Å². The number of fused-ring (bicyclic) bond motifs is 3. The van der Waals surface area contributed by atoms with Crippen LogP contribution in [0.1, 0.15) is 108 Å². The lowest BCUT2D eigenvalue weighted by Gasteiger charge is -2.40. The van der Waals surface area contributed by atoms with Gasteiger partial charge in [-0.1, -0.05) is 51.5 Å². The molecule has 56 heavy (non-hydrogen) atoms. The highest BCUT2D eigenvalue weighted by molar-refractivity contribution is 7.85. The van der Waals surface area contributed by atoms with Crippen LogP contribution >= 0.6 is 0 Å². The second-order valence-corrected chi connectivity index (χ2v) is 18.0. The van der Waals surface area contributed by atoms with Crippen molar-refractivity contribution in [1.82, 2.24) is 0 Å². The van der Waals surface area contributed by atoms with Crippen molar-refractivity contribution < 1.29 is 49.7 Å². The minimum absolute atomic E-state index is 0.00456. The Bertz CT molecular complexity index is 2180. The number of carboxylic acid groups (broad SMARTS) is 1. The summed E-state index contributed by atoms with van der Waals surface area (Å²) in [7, 11) is -4.29. The molecule has 0 aromatic heterocycles. The van der Waals surface area contributed by atoms with E-state index in [1.807, 2.05) is 12.2 Å². The van der Waals surface area contributed by atoms with Gasteiger partial charge in [0.05, 0.1) is 16.7 Å². The van der Waals surface area contributed by atoms with Crippen LogP contribution in [0, 0.1) is 28.7 Å². The maximum Gasteiger partial charge on any atom is 0.303 e. The van der Waals surface area contributed by atoms with Crippen molar-refractivity contribution >= 4 is 38.7 Å². The number of hydrogen-bond donors (Lipinski definition) is 2. The third-order valence-electron chi connectivity index (χ3n) is 11.3. The summed E-state index contributed by atoms with van der Waals surface area (Å²) < 4.78 is 102. The zero-order valence-corrected chi connectivity index (χ0v) is 33.3. The molecule has 0 saturated carbocycles. The van der Waals surface area contributed by atoms with Gasteiger partial charge in [0.1, 0.15) is 18.1 Å². The predicted octanol–water partition coefficient (Wildman–Crippen LogP) is 9.52. The van der Waals surface area contributed by atoms with Gasteiger partial charge in [0.25, 0.3) is 15.8 Å². The van der Waals surface area contributed by atoms with Gasteiger partial charge in [-0.25, -0.2) is 13.2 Å². The summed E-state index contributed by atoms with van der Waals surface area (Å²) >= 11 is 0. The quantitative estimate of drug-likeness (QED) is 0.0373. The highest BCUT2D eigenvalue weighted by atomic mass is 32.2. The number of aryl methyl sites for hydroxylation is 1. The molecule has 2 aromatic carbocycles. The second-order valence-electron chi connectivity index (χ2n) is 16.5. The minimum Gasteiger partial charge on any atom is -0.481 e. The van der Waals surface area contributed by atoms with Crippen LogP contribution in [0.15, 0.2) is 48.3 Å². The Labute approximate surface area is 326 Å². The van der Waals surface area contributed by atoms with Crippen molar-refractivity contribution in [3.8, 4) is 5.75 Å². The number of allylic oxidation sites excluding steroid dienone is 8. The first-order valence-corrected chi connectivity index (χ1v) is 21.1. The van der Waals surface area contributed by atoms with Crippen LogP contribution in [0.2, 0.25) is 0 Å². The van der Waals surface area contributed by atoms with Crippen molar-refractivity contribution in [1.29, 1.82) is 0 Å². The first-order valence-electron chi connectivity index (χ1n) is 19.5. The topological polar surface area (TPSA) is 107 Å². The van der Waals surface area contributed by atoms with E-state index in [-0.39, 0.29) is 43.2 Å². The molecule has 4 aliphatic heterocycles. The van der Waals surface area contributed by atoms with E-state index >= 15 is 8.78 Å². The lowest BCUT2D eigenvalue weighted by Crippen LogP contribution is -2.35. The normalized spacial score (nSPS) is 20.1. The number of aliphatic carboxylic acids is 1. The van der Waals surface area contributed by atoms with Gasteiger partial charge in [0.15, 0.2) is 17.3 Å². The van der Waals surface area contributed by atoms with E-state index < -0.39 is 56.2 Å². The van der Waals surface area contributed by atoms with Crippen molar-refractivity contribution in [2.45, 2.75) is 104 Å². The monoisotopic (exact) mass is 799 g/mol. The molecule has 0 aliphatic carbocycles. The zero-order chi connectivity index (χ0) is 40.6. The fourth-order valence-corrected chi connectivity index (χ4v) is 9.14. The van der Waals surface area contributed by atoms with Gasteiger partial charge in [0.2, 0.25) is 11.6 Å². The highest BCUT2D eigenvalue weighted by Gasteiger charge is 2.53. The average Bonchev–Trinajstić information content (AvgIpc) is 3.37. The third kappa shape index (κ3) is 8.39. The molecule has 0 amide bonds. The van der Waals surface area contributed by atoms with E-state index in [1.165, 1.54) is 21.4 Å². The minimum atomic E-state index is -4.29. The number of unbranched alkanes of at least 4 members (excludes halogenated alkanes) is 3.